The zero-order chi connectivity index (χ0) is 21.8. The van der Waals surface area contributed by atoms with Crippen LogP contribution >= 0.6 is 0 Å². The molecule has 5 fully saturated rings. The van der Waals surface area contributed by atoms with Crippen LogP contribution in [0.15, 0.2) is 11.6 Å². The summed E-state index contributed by atoms with van der Waals surface area (Å²) >= 11 is 0. The molecule has 0 bridgehead atoms. The third-order valence-electron chi connectivity index (χ3n) is 11.3. The first-order valence-electron chi connectivity index (χ1n) is 12.9. The number of aliphatic hydroxyl groups excluding tert-OH is 1. The van der Waals surface area contributed by atoms with E-state index in [0.29, 0.717) is 47.7 Å². The van der Waals surface area contributed by atoms with E-state index >= 15 is 0 Å². The van der Waals surface area contributed by atoms with Crippen molar-refractivity contribution in [2.24, 2.45) is 46.3 Å². The summed E-state index contributed by atoms with van der Waals surface area (Å²) in [5.74, 6) is 2.82. The van der Waals surface area contributed by atoms with Gasteiger partial charge in [-0.15, -0.1) is 0 Å². The van der Waals surface area contributed by atoms with E-state index in [-0.39, 0.29) is 23.0 Å². The molecule has 172 valence electrons. The molecular formula is C27H40O4. The van der Waals surface area contributed by atoms with Crippen LogP contribution in [0.5, 0.6) is 0 Å². The number of carbonyl (C=O) groups is 1. The average Bonchev–Trinajstić information content (AvgIpc) is 3.18. The number of aliphatic hydroxyl groups is 1. The van der Waals surface area contributed by atoms with Gasteiger partial charge in [0, 0.05) is 30.1 Å². The minimum Gasteiger partial charge on any atom is -0.393 e. The highest BCUT2D eigenvalue weighted by molar-refractivity contribution is 5.91. The van der Waals surface area contributed by atoms with Crippen LogP contribution in [-0.2, 0) is 14.3 Å². The lowest BCUT2D eigenvalue weighted by molar-refractivity contribution is -0.273. The summed E-state index contributed by atoms with van der Waals surface area (Å²) in [6.07, 6.45) is 9.83. The molecule has 0 unspecified atom stereocenters. The molecule has 4 heteroatoms. The molecule has 4 nitrogen and oxygen atoms in total. The Hall–Kier alpha value is -0.710. The Bertz CT molecular complexity index is 810. The molecule has 1 spiro atoms. The Morgan fingerprint density at radius 2 is 1.87 bits per heavy atom. The molecule has 11 atom stereocenters. The standard InChI is InChI=1S/C27H40O4/c1-15-7-10-27(30-14-15)16(2)24-22(31-27)12-21-19-6-5-17-11-18(28)8-9-25(17,3)20(19)13-23(29)26(21,24)4/h11,15-16,19-24,29H,5-10,12-14H2,1-4H3/t15-,16+,19-,20+,21+,22+,23-,24+,25+,26-,27-/m1/s1. The van der Waals surface area contributed by atoms with Crippen molar-refractivity contribution in [2.45, 2.75) is 97.1 Å². The normalized spacial score (nSPS) is 58.4. The summed E-state index contributed by atoms with van der Waals surface area (Å²) in [4.78, 5) is 12.1. The number of rotatable bonds is 0. The highest BCUT2D eigenvalue weighted by Gasteiger charge is 2.71. The van der Waals surface area contributed by atoms with E-state index in [1.807, 2.05) is 6.08 Å². The van der Waals surface area contributed by atoms with Gasteiger partial charge >= 0.3 is 0 Å². The zero-order valence-corrected chi connectivity index (χ0v) is 19.7. The predicted molar refractivity (Wildman–Crippen MR) is 118 cm³/mol. The molecule has 6 rings (SSSR count). The van der Waals surface area contributed by atoms with Gasteiger partial charge in [-0.1, -0.05) is 33.3 Å². The molecule has 6 aliphatic rings. The predicted octanol–water partition coefficient (Wildman–Crippen LogP) is 4.89. The number of fused-ring (bicyclic) bond motifs is 7. The highest BCUT2D eigenvalue weighted by Crippen LogP contribution is 2.70. The van der Waals surface area contributed by atoms with Crippen molar-refractivity contribution in [3.8, 4) is 0 Å². The van der Waals surface area contributed by atoms with E-state index in [1.165, 1.54) is 18.4 Å². The molecule has 0 amide bonds. The SMILES string of the molecule is C[C@@H]1CC[C@@]2(OC1)O[C@H]1C[C@H]3[C@@H]4CCC5=CC(=O)CC[C@]5(C)[C@H]4C[C@@H](O)[C@]3(C)[C@H]1[C@@H]2C. The smallest absolute Gasteiger partial charge is 0.171 e. The van der Waals surface area contributed by atoms with Crippen molar-refractivity contribution >= 4 is 5.78 Å². The molecule has 0 radical (unpaired) electrons. The van der Waals surface area contributed by atoms with Crippen LogP contribution < -0.4 is 0 Å². The second-order valence-corrected chi connectivity index (χ2v) is 12.6. The minimum atomic E-state index is -0.426. The van der Waals surface area contributed by atoms with Crippen molar-refractivity contribution < 1.29 is 19.4 Å². The summed E-state index contributed by atoms with van der Waals surface area (Å²) < 4.78 is 13.2. The van der Waals surface area contributed by atoms with Crippen molar-refractivity contribution in [1.82, 2.24) is 0 Å². The fourth-order valence-electron chi connectivity index (χ4n) is 9.52. The van der Waals surface area contributed by atoms with Crippen LogP contribution in [0.4, 0.5) is 0 Å². The molecular weight excluding hydrogens is 388 g/mol. The lowest BCUT2D eigenvalue weighted by Crippen LogP contribution is -2.58. The largest absolute Gasteiger partial charge is 0.393 e. The molecule has 0 aromatic rings. The van der Waals surface area contributed by atoms with Crippen molar-refractivity contribution in [2.75, 3.05) is 6.61 Å². The molecule has 2 heterocycles. The second kappa shape index (κ2) is 6.67. The van der Waals surface area contributed by atoms with Gasteiger partial charge in [0.2, 0.25) is 0 Å². The van der Waals surface area contributed by atoms with Crippen molar-refractivity contribution in [1.29, 1.82) is 0 Å². The minimum absolute atomic E-state index is 0.0904. The Morgan fingerprint density at radius 1 is 1.06 bits per heavy atom. The lowest BCUT2D eigenvalue weighted by atomic mass is 9.45. The Balaban J connectivity index is 1.32. The van der Waals surface area contributed by atoms with E-state index in [4.69, 9.17) is 9.47 Å². The fraction of sp³-hybridized carbons (Fsp3) is 0.889. The first kappa shape index (κ1) is 20.9. The Kier molecular flexibility index (Phi) is 4.49. The summed E-state index contributed by atoms with van der Waals surface area (Å²) in [6, 6.07) is 0. The first-order chi connectivity index (χ1) is 14.7. The van der Waals surface area contributed by atoms with Crippen LogP contribution in [0, 0.1) is 46.3 Å². The summed E-state index contributed by atoms with van der Waals surface area (Å²) in [5, 5.41) is 11.7. The van der Waals surface area contributed by atoms with E-state index < -0.39 is 5.79 Å². The maximum atomic E-state index is 12.1. The van der Waals surface area contributed by atoms with Gasteiger partial charge in [0.05, 0.1) is 18.8 Å². The number of ether oxygens (including phenoxy) is 2. The number of hydrogen-bond acceptors (Lipinski definition) is 4. The molecule has 0 aromatic carbocycles. The Labute approximate surface area is 187 Å². The number of allylic oxidation sites excluding steroid dienone is 1. The van der Waals surface area contributed by atoms with Gasteiger partial charge in [-0.05, 0) is 73.7 Å². The van der Waals surface area contributed by atoms with Crippen LogP contribution in [0.2, 0.25) is 0 Å². The van der Waals surface area contributed by atoms with Gasteiger partial charge in [-0.3, -0.25) is 4.79 Å². The van der Waals surface area contributed by atoms with Crippen LogP contribution in [0.25, 0.3) is 0 Å². The van der Waals surface area contributed by atoms with Crippen LogP contribution in [0.1, 0.15) is 79.1 Å². The number of hydrogen-bond donors (Lipinski definition) is 1. The van der Waals surface area contributed by atoms with E-state index in [2.05, 4.69) is 27.7 Å². The summed E-state index contributed by atoms with van der Waals surface area (Å²) in [6.45, 7) is 10.2. The van der Waals surface area contributed by atoms with Gasteiger partial charge in [0.1, 0.15) is 0 Å². The number of carbonyl (C=O) groups excluding carboxylic acids is 1. The summed E-state index contributed by atoms with van der Waals surface area (Å²) in [7, 11) is 0. The fourth-order valence-corrected chi connectivity index (χ4v) is 9.52. The van der Waals surface area contributed by atoms with Crippen LogP contribution in [-0.4, -0.2) is 35.5 Å². The summed E-state index contributed by atoms with van der Waals surface area (Å²) in [5.41, 5.74) is 1.36. The van der Waals surface area contributed by atoms with Gasteiger partial charge in [0.15, 0.2) is 11.6 Å². The molecule has 4 aliphatic carbocycles. The molecule has 31 heavy (non-hydrogen) atoms. The maximum absolute atomic E-state index is 12.1. The Morgan fingerprint density at radius 3 is 2.61 bits per heavy atom. The van der Waals surface area contributed by atoms with Gasteiger partial charge in [0.25, 0.3) is 0 Å². The molecule has 2 aliphatic heterocycles. The van der Waals surface area contributed by atoms with Gasteiger partial charge in [-0.25, -0.2) is 0 Å². The van der Waals surface area contributed by atoms with Gasteiger partial charge in [-0.2, -0.15) is 0 Å². The van der Waals surface area contributed by atoms with Crippen molar-refractivity contribution in [3.05, 3.63) is 11.6 Å². The van der Waals surface area contributed by atoms with E-state index in [9.17, 15) is 9.90 Å². The lowest BCUT2D eigenvalue weighted by Gasteiger charge is -2.60. The molecule has 0 aromatic heterocycles. The van der Waals surface area contributed by atoms with Gasteiger partial charge < -0.3 is 14.6 Å². The molecule has 1 N–H and O–H groups in total. The van der Waals surface area contributed by atoms with E-state index in [1.54, 1.807) is 0 Å². The zero-order valence-electron chi connectivity index (χ0n) is 19.7. The second-order valence-electron chi connectivity index (χ2n) is 12.6. The third-order valence-corrected chi connectivity index (χ3v) is 11.3. The molecule has 2 saturated heterocycles. The van der Waals surface area contributed by atoms with Crippen LogP contribution in [0.3, 0.4) is 0 Å². The average molecular weight is 429 g/mol. The first-order valence-corrected chi connectivity index (χ1v) is 12.9. The number of ketones is 1. The monoisotopic (exact) mass is 428 g/mol. The van der Waals surface area contributed by atoms with E-state index in [0.717, 1.165) is 38.7 Å². The highest BCUT2D eigenvalue weighted by atomic mass is 16.7. The molecule has 3 saturated carbocycles. The quantitative estimate of drug-likeness (QED) is 0.597. The van der Waals surface area contributed by atoms with Crippen molar-refractivity contribution in [3.63, 3.8) is 0 Å². The topological polar surface area (TPSA) is 55.8 Å². The third kappa shape index (κ3) is 2.62. The maximum Gasteiger partial charge on any atom is 0.171 e.